The van der Waals surface area contributed by atoms with Gasteiger partial charge in [-0.2, -0.15) is 0 Å². The minimum atomic E-state index is 0. The molecule has 0 aliphatic heterocycles. The van der Waals surface area contributed by atoms with Gasteiger partial charge < -0.3 is 10.4 Å². The number of phenols is 1. The zero-order valence-corrected chi connectivity index (χ0v) is 17.2. The molecule has 2 aliphatic carbocycles. The van der Waals surface area contributed by atoms with Gasteiger partial charge in [-0.25, -0.2) is 0 Å². The van der Waals surface area contributed by atoms with Gasteiger partial charge in [-0.3, -0.25) is 0 Å². The first-order valence-corrected chi connectivity index (χ1v) is 9.23. The molecule has 3 rings (SSSR count). The van der Waals surface area contributed by atoms with Gasteiger partial charge in [0.2, 0.25) is 0 Å². The van der Waals surface area contributed by atoms with Crippen LogP contribution >= 0.6 is 44.3 Å². The van der Waals surface area contributed by atoms with Crippen molar-refractivity contribution in [2.24, 2.45) is 16.7 Å². The highest BCUT2D eigenvalue weighted by Gasteiger charge is 2.58. The lowest BCUT2D eigenvalue weighted by molar-refractivity contribution is 0.108. The van der Waals surface area contributed by atoms with Crippen LogP contribution in [-0.2, 0) is 6.54 Å². The molecule has 2 fully saturated rings. The molecule has 0 radical (unpaired) electrons. The normalized spacial score (nSPS) is 32.0. The van der Waals surface area contributed by atoms with Crippen LogP contribution in [0.15, 0.2) is 21.1 Å². The first kappa shape index (κ1) is 18.6. The number of phenolic OH excluding ortho intramolecular Hbond substituents is 1. The minimum Gasteiger partial charge on any atom is -0.506 e. The van der Waals surface area contributed by atoms with E-state index in [4.69, 9.17) is 0 Å². The van der Waals surface area contributed by atoms with E-state index in [-0.39, 0.29) is 12.4 Å². The summed E-state index contributed by atoms with van der Waals surface area (Å²) in [7, 11) is 0. The molecule has 0 aromatic heterocycles. The molecule has 5 heteroatoms. The Bertz CT molecular complexity index is 573. The van der Waals surface area contributed by atoms with Gasteiger partial charge >= 0.3 is 0 Å². The molecule has 3 atom stereocenters. The average molecular weight is 454 g/mol. The van der Waals surface area contributed by atoms with E-state index in [1.165, 1.54) is 19.3 Å². The van der Waals surface area contributed by atoms with Crippen molar-refractivity contribution in [3.8, 4) is 5.75 Å². The van der Waals surface area contributed by atoms with E-state index in [0.29, 0.717) is 29.2 Å². The molecule has 2 N–H and O–H groups in total. The summed E-state index contributed by atoms with van der Waals surface area (Å²) in [5, 5.41) is 14.0. The molecule has 2 saturated carbocycles. The lowest BCUT2D eigenvalue weighted by atomic mass is 9.68. The highest BCUT2D eigenvalue weighted by molar-refractivity contribution is 9.11. The number of rotatable bonds is 3. The summed E-state index contributed by atoms with van der Waals surface area (Å²) in [5.41, 5.74) is 1.69. The molecule has 0 heterocycles. The molecule has 0 amide bonds. The van der Waals surface area contributed by atoms with Crippen LogP contribution in [0.4, 0.5) is 0 Å². The molecule has 3 unspecified atom stereocenters. The van der Waals surface area contributed by atoms with Gasteiger partial charge in [-0.15, -0.1) is 12.4 Å². The van der Waals surface area contributed by atoms with E-state index in [1.54, 1.807) is 0 Å². The first-order chi connectivity index (χ1) is 9.74. The summed E-state index contributed by atoms with van der Waals surface area (Å²) in [5.74, 6) is 1.18. The molecular formula is C17H24Br2ClNO. The number of benzene rings is 1. The molecule has 0 spiro atoms. The predicted molar refractivity (Wildman–Crippen MR) is 101 cm³/mol. The number of nitrogens with one attached hydrogen (secondary N) is 1. The van der Waals surface area contributed by atoms with Crippen molar-refractivity contribution >= 4 is 44.3 Å². The maximum atomic E-state index is 10.2. The van der Waals surface area contributed by atoms with Crippen molar-refractivity contribution < 1.29 is 5.11 Å². The van der Waals surface area contributed by atoms with Crippen LogP contribution in [0.5, 0.6) is 5.75 Å². The topological polar surface area (TPSA) is 32.3 Å². The van der Waals surface area contributed by atoms with E-state index >= 15 is 0 Å². The molecular weight excluding hydrogens is 429 g/mol. The van der Waals surface area contributed by atoms with Gasteiger partial charge in [0.25, 0.3) is 0 Å². The Kier molecular flexibility index (Phi) is 5.29. The van der Waals surface area contributed by atoms with Crippen LogP contribution in [-0.4, -0.2) is 11.1 Å². The number of aromatic hydroxyl groups is 1. The molecule has 0 saturated heterocycles. The fourth-order valence-corrected chi connectivity index (χ4v) is 6.09. The molecule has 1 aromatic rings. The standard InChI is InChI=1S/C17H23Br2NO.ClH/c1-16(2)11-4-5-17(3,8-11)15(16)20-9-10-6-12(18)7-13(19)14(10)21;/h6-7,11,15,20-21H,4-5,8-9H2,1-3H3;1H. The van der Waals surface area contributed by atoms with E-state index < -0.39 is 0 Å². The van der Waals surface area contributed by atoms with Gasteiger partial charge in [-0.1, -0.05) is 36.7 Å². The van der Waals surface area contributed by atoms with Crippen molar-refractivity contribution in [2.75, 3.05) is 0 Å². The van der Waals surface area contributed by atoms with Gasteiger partial charge in [0.15, 0.2) is 0 Å². The molecule has 2 aliphatic rings. The van der Waals surface area contributed by atoms with Crippen LogP contribution in [0.25, 0.3) is 0 Å². The number of fused-ring (bicyclic) bond motifs is 2. The molecule has 22 heavy (non-hydrogen) atoms. The average Bonchev–Trinajstić information content (AvgIpc) is 2.85. The van der Waals surface area contributed by atoms with Crippen LogP contribution in [0.2, 0.25) is 0 Å². The van der Waals surface area contributed by atoms with E-state index in [9.17, 15) is 5.11 Å². The maximum absolute atomic E-state index is 10.2. The summed E-state index contributed by atoms with van der Waals surface area (Å²) >= 11 is 6.91. The third kappa shape index (κ3) is 2.97. The van der Waals surface area contributed by atoms with Crippen molar-refractivity contribution in [1.82, 2.24) is 5.32 Å². The fraction of sp³-hybridized carbons (Fsp3) is 0.647. The Morgan fingerprint density at radius 3 is 2.55 bits per heavy atom. The Morgan fingerprint density at radius 2 is 1.95 bits per heavy atom. The number of halogens is 3. The van der Waals surface area contributed by atoms with Gasteiger partial charge in [0, 0.05) is 22.6 Å². The Labute approximate surface area is 156 Å². The third-order valence-electron chi connectivity index (χ3n) is 5.87. The molecule has 2 bridgehead atoms. The maximum Gasteiger partial charge on any atom is 0.134 e. The summed E-state index contributed by atoms with van der Waals surface area (Å²) in [4.78, 5) is 0. The van der Waals surface area contributed by atoms with Crippen LogP contribution in [0, 0.1) is 16.7 Å². The van der Waals surface area contributed by atoms with E-state index in [1.807, 2.05) is 12.1 Å². The summed E-state index contributed by atoms with van der Waals surface area (Å²) in [6, 6.07) is 4.39. The largest absolute Gasteiger partial charge is 0.506 e. The quantitative estimate of drug-likeness (QED) is 0.620. The fourth-order valence-electron chi connectivity index (χ4n) is 4.78. The van der Waals surface area contributed by atoms with Crippen molar-refractivity contribution in [3.05, 3.63) is 26.6 Å². The van der Waals surface area contributed by atoms with Crippen LogP contribution in [0.1, 0.15) is 45.6 Å². The minimum absolute atomic E-state index is 0. The van der Waals surface area contributed by atoms with Crippen molar-refractivity contribution in [1.29, 1.82) is 0 Å². The second-order valence-electron chi connectivity index (χ2n) is 7.62. The van der Waals surface area contributed by atoms with Crippen LogP contribution < -0.4 is 5.32 Å². The Morgan fingerprint density at radius 1 is 1.27 bits per heavy atom. The van der Waals surface area contributed by atoms with Crippen LogP contribution in [0.3, 0.4) is 0 Å². The summed E-state index contributed by atoms with van der Waals surface area (Å²) in [6.07, 6.45) is 4.04. The number of hydrogen-bond acceptors (Lipinski definition) is 2. The van der Waals surface area contributed by atoms with Gasteiger partial charge in [0.1, 0.15) is 5.75 Å². The molecule has 124 valence electrons. The SMILES string of the molecule is CC12CCC(C1)C(C)(C)C2NCc1cc(Br)cc(Br)c1O.Cl. The van der Waals surface area contributed by atoms with Gasteiger partial charge in [0.05, 0.1) is 4.47 Å². The Hall–Kier alpha value is 0.230. The van der Waals surface area contributed by atoms with E-state index in [0.717, 1.165) is 20.4 Å². The van der Waals surface area contributed by atoms with E-state index in [2.05, 4.69) is 57.9 Å². The lowest BCUT2D eigenvalue weighted by Crippen LogP contribution is -2.49. The zero-order chi connectivity index (χ0) is 15.4. The third-order valence-corrected chi connectivity index (χ3v) is 6.94. The highest BCUT2D eigenvalue weighted by atomic mass is 79.9. The Balaban J connectivity index is 0.00000176. The van der Waals surface area contributed by atoms with Crippen molar-refractivity contribution in [2.45, 2.75) is 52.6 Å². The molecule has 1 aromatic carbocycles. The lowest BCUT2D eigenvalue weighted by Gasteiger charge is -2.43. The zero-order valence-electron chi connectivity index (χ0n) is 13.2. The van der Waals surface area contributed by atoms with Gasteiger partial charge in [-0.05, 0) is 64.1 Å². The summed E-state index contributed by atoms with van der Waals surface area (Å²) in [6.45, 7) is 7.93. The molecule has 2 nitrogen and oxygen atoms in total. The second-order valence-corrected chi connectivity index (χ2v) is 9.39. The number of hydrogen-bond donors (Lipinski definition) is 2. The summed E-state index contributed by atoms with van der Waals surface area (Å²) < 4.78 is 1.73. The van der Waals surface area contributed by atoms with Crippen molar-refractivity contribution in [3.63, 3.8) is 0 Å². The smallest absolute Gasteiger partial charge is 0.134 e. The monoisotopic (exact) mass is 451 g/mol. The highest BCUT2D eigenvalue weighted by Crippen LogP contribution is 2.62. The second kappa shape index (κ2) is 6.27. The predicted octanol–water partition coefficient (Wildman–Crippen LogP) is 5.64. The first-order valence-electron chi connectivity index (χ1n) is 7.64.